The molecule has 0 aliphatic heterocycles. The molecule has 0 radical (unpaired) electrons. The van der Waals surface area contributed by atoms with Crippen molar-refractivity contribution in [3.8, 4) is 0 Å². The van der Waals surface area contributed by atoms with Crippen LogP contribution in [0.25, 0.3) is 11.0 Å². The van der Waals surface area contributed by atoms with E-state index in [-0.39, 0.29) is 5.54 Å². The summed E-state index contributed by atoms with van der Waals surface area (Å²) < 4.78 is 2.07. The van der Waals surface area contributed by atoms with Crippen LogP contribution in [0.4, 0.5) is 5.95 Å². The quantitative estimate of drug-likeness (QED) is 0.715. The van der Waals surface area contributed by atoms with Crippen molar-refractivity contribution < 1.29 is 0 Å². The maximum atomic E-state index is 5.94. The van der Waals surface area contributed by atoms with E-state index in [1.54, 1.807) is 0 Å². The first-order chi connectivity index (χ1) is 6.89. The van der Waals surface area contributed by atoms with E-state index < -0.39 is 0 Å². The van der Waals surface area contributed by atoms with Crippen LogP contribution in [0.1, 0.15) is 26.3 Å². The van der Waals surface area contributed by atoms with Crippen molar-refractivity contribution in [3.63, 3.8) is 0 Å². The zero-order valence-electron chi connectivity index (χ0n) is 9.70. The van der Waals surface area contributed by atoms with E-state index >= 15 is 0 Å². The van der Waals surface area contributed by atoms with Gasteiger partial charge in [-0.1, -0.05) is 6.07 Å². The van der Waals surface area contributed by atoms with Crippen molar-refractivity contribution in [3.05, 3.63) is 23.8 Å². The fourth-order valence-corrected chi connectivity index (χ4v) is 1.91. The number of aromatic nitrogens is 2. The molecule has 1 aromatic carbocycles. The Hall–Kier alpha value is -1.51. The highest BCUT2D eigenvalue weighted by atomic mass is 15.2. The number of anilines is 1. The lowest BCUT2D eigenvalue weighted by Gasteiger charge is -2.23. The second kappa shape index (κ2) is 2.99. The lowest BCUT2D eigenvalue weighted by atomic mass is 10.1. The molecule has 80 valence electrons. The largest absolute Gasteiger partial charge is 0.369 e. The topological polar surface area (TPSA) is 43.8 Å². The van der Waals surface area contributed by atoms with E-state index in [1.807, 2.05) is 0 Å². The van der Waals surface area contributed by atoms with Crippen LogP contribution in [0.2, 0.25) is 0 Å². The number of nitrogens with zero attached hydrogens (tertiary/aromatic N) is 2. The molecule has 3 nitrogen and oxygen atoms in total. The Labute approximate surface area is 89.9 Å². The van der Waals surface area contributed by atoms with Crippen LogP contribution < -0.4 is 5.73 Å². The number of imidazole rings is 1. The van der Waals surface area contributed by atoms with E-state index in [2.05, 4.69) is 55.4 Å². The fraction of sp³-hybridized carbons (Fsp3) is 0.417. The van der Waals surface area contributed by atoms with Crippen molar-refractivity contribution >= 4 is 17.0 Å². The molecule has 0 aliphatic rings. The van der Waals surface area contributed by atoms with Crippen molar-refractivity contribution in [2.45, 2.75) is 33.2 Å². The maximum Gasteiger partial charge on any atom is 0.201 e. The molecule has 0 spiro atoms. The van der Waals surface area contributed by atoms with Crippen molar-refractivity contribution in [1.29, 1.82) is 0 Å². The summed E-state index contributed by atoms with van der Waals surface area (Å²) in [4.78, 5) is 4.38. The summed E-state index contributed by atoms with van der Waals surface area (Å²) in [6, 6.07) is 6.24. The molecular formula is C12H17N3. The third-order valence-corrected chi connectivity index (χ3v) is 2.51. The maximum absolute atomic E-state index is 5.94. The van der Waals surface area contributed by atoms with Gasteiger partial charge in [0.15, 0.2) is 0 Å². The Balaban J connectivity index is 2.80. The van der Waals surface area contributed by atoms with Gasteiger partial charge < -0.3 is 10.3 Å². The molecule has 1 aromatic heterocycles. The molecule has 1 heterocycles. The van der Waals surface area contributed by atoms with Crippen LogP contribution in [0.3, 0.4) is 0 Å². The molecule has 0 amide bonds. The Morgan fingerprint density at radius 2 is 1.93 bits per heavy atom. The normalized spacial score (nSPS) is 12.3. The second-order valence-electron chi connectivity index (χ2n) is 4.97. The molecule has 2 rings (SSSR count). The Morgan fingerprint density at radius 3 is 2.53 bits per heavy atom. The predicted molar refractivity (Wildman–Crippen MR) is 63.9 cm³/mol. The van der Waals surface area contributed by atoms with Crippen molar-refractivity contribution in [1.82, 2.24) is 9.55 Å². The molecule has 0 bridgehead atoms. The average molecular weight is 203 g/mol. The number of hydrogen-bond acceptors (Lipinski definition) is 2. The van der Waals surface area contributed by atoms with E-state index in [0.717, 1.165) is 11.0 Å². The molecule has 2 N–H and O–H groups in total. The number of nitrogens with two attached hydrogens (primary N) is 1. The van der Waals surface area contributed by atoms with Gasteiger partial charge in [0.2, 0.25) is 5.95 Å². The summed E-state index contributed by atoms with van der Waals surface area (Å²) in [5, 5.41) is 0. The van der Waals surface area contributed by atoms with Gasteiger partial charge in [0.25, 0.3) is 0 Å². The minimum Gasteiger partial charge on any atom is -0.369 e. The van der Waals surface area contributed by atoms with Gasteiger partial charge >= 0.3 is 0 Å². The molecule has 2 aromatic rings. The lowest BCUT2D eigenvalue weighted by Crippen LogP contribution is -2.23. The Bertz CT molecular complexity index is 503. The lowest BCUT2D eigenvalue weighted by molar-refractivity contribution is 0.414. The highest BCUT2D eigenvalue weighted by molar-refractivity contribution is 5.79. The van der Waals surface area contributed by atoms with Crippen LogP contribution in [0, 0.1) is 6.92 Å². The molecular weight excluding hydrogens is 186 g/mol. The molecule has 0 fully saturated rings. The predicted octanol–water partition coefficient (Wildman–Crippen LogP) is 2.68. The standard InChI is InChI=1S/C12H17N3/c1-8-5-6-10-9(7-8)14-11(13)15(10)12(2,3)4/h5-7H,1-4H3,(H2,13,14). The summed E-state index contributed by atoms with van der Waals surface area (Å²) in [5.41, 5.74) is 9.19. The molecule has 3 heteroatoms. The zero-order chi connectivity index (χ0) is 11.2. The fourth-order valence-electron chi connectivity index (χ4n) is 1.91. The number of rotatable bonds is 0. The summed E-state index contributed by atoms with van der Waals surface area (Å²) >= 11 is 0. The van der Waals surface area contributed by atoms with Gasteiger partial charge in [0, 0.05) is 5.54 Å². The summed E-state index contributed by atoms with van der Waals surface area (Å²) in [5.74, 6) is 0.586. The van der Waals surface area contributed by atoms with Gasteiger partial charge in [-0.05, 0) is 45.4 Å². The summed E-state index contributed by atoms with van der Waals surface area (Å²) in [6.07, 6.45) is 0. The van der Waals surface area contributed by atoms with E-state index in [1.165, 1.54) is 5.56 Å². The highest BCUT2D eigenvalue weighted by Crippen LogP contribution is 2.26. The Kier molecular flexibility index (Phi) is 2.00. The molecule has 0 saturated heterocycles. The highest BCUT2D eigenvalue weighted by Gasteiger charge is 2.19. The summed E-state index contributed by atoms with van der Waals surface area (Å²) in [7, 11) is 0. The molecule has 0 unspecified atom stereocenters. The molecule has 0 atom stereocenters. The molecule has 0 aliphatic carbocycles. The van der Waals surface area contributed by atoms with Gasteiger partial charge in [-0.15, -0.1) is 0 Å². The van der Waals surface area contributed by atoms with E-state index in [0.29, 0.717) is 5.95 Å². The van der Waals surface area contributed by atoms with E-state index in [9.17, 15) is 0 Å². The first kappa shape index (κ1) is 10.0. The van der Waals surface area contributed by atoms with Gasteiger partial charge in [-0.3, -0.25) is 0 Å². The Morgan fingerprint density at radius 1 is 1.27 bits per heavy atom. The first-order valence-corrected chi connectivity index (χ1v) is 5.14. The van der Waals surface area contributed by atoms with Crippen LogP contribution in [0.15, 0.2) is 18.2 Å². The van der Waals surface area contributed by atoms with Crippen LogP contribution in [0.5, 0.6) is 0 Å². The van der Waals surface area contributed by atoms with E-state index in [4.69, 9.17) is 5.73 Å². The monoisotopic (exact) mass is 203 g/mol. The van der Waals surface area contributed by atoms with Gasteiger partial charge in [-0.2, -0.15) is 0 Å². The minimum atomic E-state index is -0.0336. The number of hydrogen-bond donors (Lipinski definition) is 1. The number of fused-ring (bicyclic) bond motifs is 1. The van der Waals surface area contributed by atoms with Crippen molar-refractivity contribution in [2.75, 3.05) is 5.73 Å². The summed E-state index contributed by atoms with van der Waals surface area (Å²) in [6.45, 7) is 8.45. The zero-order valence-corrected chi connectivity index (χ0v) is 9.70. The van der Waals surface area contributed by atoms with Gasteiger partial charge in [0.1, 0.15) is 0 Å². The van der Waals surface area contributed by atoms with Gasteiger partial charge in [0.05, 0.1) is 11.0 Å². The van der Waals surface area contributed by atoms with Gasteiger partial charge in [-0.25, -0.2) is 4.98 Å². The van der Waals surface area contributed by atoms with Crippen LogP contribution in [-0.2, 0) is 5.54 Å². The van der Waals surface area contributed by atoms with Crippen LogP contribution in [-0.4, -0.2) is 9.55 Å². The smallest absolute Gasteiger partial charge is 0.201 e. The second-order valence-corrected chi connectivity index (χ2v) is 4.97. The average Bonchev–Trinajstić information content (AvgIpc) is 2.38. The SMILES string of the molecule is Cc1ccc2c(c1)nc(N)n2C(C)(C)C. The molecule has 0 saturated carbocycles. The third-order valence-electron chi connectivity index (χ3n) is 2.51. The first-order valence-electron chi connectivity index (χ1n) is 5.14. The minimum absolute atomic E-state index is 0.0336. The third kappa shape index (κ3) is 1.58. The molecule has 15 heavy (non-hydrogen) atoms. The number of benzene rings is 1. The van der Waals surface area contributed by atoms with Crippen LogP contribution >= 0.6 is 0 Å². The number of aryl methyl sites for hydroxylation is 1. The van der Waals surface area contributed by atoms with Crippen molar-refractivity contribution in [2.24, 2.45) is 0 Å². The number of nitrogen functional groups attached to an aromatic ring is 1.